The van der Waals surface area contributed by atoms with Crippen molar-refractivity contribution >= 4 is 5.91 Å². The van der Waals surface area contributed by atoms with Crippen molar-refractivity contribution in [1.29, 1.82) is 0 Å². The summed E-state index contributed by atoms with van der Waals surface area (Å²) in [5.41, 5.74) is 0.399. The first-order valence-corrected chi connectivity index (χ1v) is 7.32. The highest BCUT2D eigenvalue weighted by Crippen LogP contribution is 2.25. The molecule has 1 aliphatic carbocycles. The third-order valence-electron chi connectivity index (χ3n) is 4.02. The first kappa shape index (κ1) is 14.8. The molecule has 1 aliphatic rings. The van der Waals surface area contributed by atoms with Crippen LogP contribution < -0.4 is 4.74 Å². The molecule has 1 saturated carbocycles. The average Bonchev–Trinajstić information content (AvgIpc) is 2.49. The van der Waals surface area contributed by atoms with Crippen molar-refractivity contribution < 1.29 is 13.9 Å². The zero-order valence-electron chi connectivity index (χ0n) is 12.2. The minimum atomic E-state index is -0.488. The number of amides is 1. The highest BCUT2D eigenvalue weighted by molar-refractivity contribution is 5.94. The van der Waals surface area contributed by atoms with E-state index in [1.807, 2.05) is 11.8 Å². The molecule has 0 aromatic heterocycles. The van der Waals surface area contributed by atoms with Gasteiger partial charge in [0, 0.05) is 18.2 Å². The summed E-state index contributed by atoms with van der Waals surface area (Å²) in [7, 11) is 1.42. The van der Waals surface area contributed by atoms with Crippen LogP contribution >= 0.6 is 0 Å². The molecule has 20 heavy (non-hydrogen) atoms. The second-order valence-corrected chi connectivity index (χ2v) is 5.23. The fourth-order valence-corrected chi connectivity index (χ4v) is 2.93. The van der Waals surface area contributed by atoms with E-state index in [4.69, 9.17) is 4.74 Å². The van der Waals surface area contributed by atoms with Gasteiger partial charge in [-0.2, -0.15) is 0 Å². The molecule has 4 heteroatoms. The molecule has 1 aromatic carbocycles. The maximum absolute atomic E-state index is 13.7. The minimum absolute atomic E-state index is 0.0825. The van der Waals surface area contributed by atoms with E-state index in [-0.39, 0.29) is 11.7 Å². The molecule has 0 bridgehead atoms. The van der Waals surface area contributed by atoms with Crippen LogP contribution in [0.1, 0.15) is 49.4 Å². The van der Waals surface area contributed by atoms with Crippen LogP contribution in [0.15, 0.2) is 18.2 Å². The van der Waals surface area contributed by atoms with Gasteiger partial charge in [-0.3, -0.25) is 4.79 Å². The maximum Gasteiger partial charge on any atom is 0.254 e. The van der Waals surface area contributed by atoms with Crippen LogP contribution in [0.2, 0.25) is 0 Å². The molecule has 1 amide bonds. The van der Waals surface area contributed by atoms with Crippen LogP contribution in [0.25, 0.3) is 0 Å². The number of hydrogen-bond donors (Lipinski definition) is 0. The maximum atomic E-state index is 13.7. The van der Waals surface area contributed by atoms with Gasteiger partial charge >= 0.3 is 0 Å². The van der Waals surface area contributed by atoms with E-state index in [0.29, 0.717) is 18.2 Å². The van der Waals surface area contributed by atoms with Crippen molar-refractivity contribution in [2.24, 2.45) is 0 Å². The predicted molar refractivity (Wildman–Crippen MR) is 76.5 cm³/mol. The number of methoxy groups -OCH3 is 1. The molecule has 0 N–H and O–H groups in total. The number of nitrogens with zero attached hydrogens (tertiary/aromatic N) is 1. The van der Waals surface area contributed by atoms with Gasteiger partial charge in [-0.25, -0.2) is 4.39 Å². The highest BCUT2D eigenvalue weighted by Gasteiger charge is 2.25. The van der Waals surface area contributed by atoms with Crippen molar-refractivity contribution in [2.75, 3.05) is 13.7 Å². The van der Waals surface area contributed by atoms with Gasteiger partial charge in [-0.05, 0) is 38.0 Å². The van der Waals surface area contributed by atoms with Gasteiger partial charge in [-0.1, -0.05) is 19.3 Å². The van der Waals surface area contributed by atoms with Crippen molar-refractivity contribution in [3.63, 3.8) is 0 Å². The molecule has 3 nitrogen and oxygen atoms in total. The van der Waals surface area contributed by atoms with E-state index in [1.54, 1.807) is 6.07 Å². The van der Waals surface area contributed by atoms with E-state index >= 15 is 0 Å². The molecular weight excluding hydrogens is 257 g/mol. The predicted octanol–water partition coefficient (Wildman–Crippen LogP) is 3.63. The summed E-state index contributed by atoms with van der Waals surface area (Å²) in [6, 6.07) is 4.71. The topological polar surface area (TPSA) is 29.5 Å². The standard InChI is InChI=1S/C16H22FNO2/c1-3-18(13-7-5-4-6-8-13)16(19)12-9-10-15(20-2)14(17)11-12/h9-11,13H,3-8H2,1-2H3. The monoisotopic (exact) mass is 279 g/mol. The van der Waals surface area contributed by atoms with E-state index < -0.39 is 5.82 Å². The van der Waals surface area contributed by atoms with Crippen LogP contribution in [0.5, 0.6) is 5.75 Å². The molecule has 2 rings (SSSR count). The minimum Gasteiger partial charge on any atom is -0.494 e. The van der Waals surface area contributed by atoms with Gasteiger partial charge in [0.1, 0.15) is 0 Å². The third kappa shape index (κ3) is 3.11. The van der Waals surface area contributed by atoms with Crippen LogP contribution in [0, 0.1) is 5.82 Å². The Labute approximate surface area is 119 Å². The lowest BCUT2D eigenvalue weighted by atomic mass is 9.93. The summed E-state index contributed by atoms with van der Waals surface area (Å²) in [6.45, 7) is 2.64. The van der Waals surface area contributed by atoms with Crippen molar-refractivity contribution in [3.05, 3.63) is 29.6 Å². The first-order valence-electron chi connectivity index (χ1n) is 7.32. The zero-order chi connectivity index (χ0) is 14.5. The SMILES string of the molecule is CCN(C(=O)c1ccc(OC)c(F)c1)C1CCCCC1. The van der Waals surface area contributed by atoms with Gasteiger partial charge in [0.15, 0.2) is 11.6 Å². The van der Waals surface area contributed by atoms with E-state index in [0.717, 1.165) is 12.8 Å². The fraction of sp³-hybridized carbons (Fsp3) is 0.562. The summed E-state index contributed by atoms with van der Waals surface area (Å²) in [4.78, 5) is 14.4. The molecular formula is C16H22FNO2. The normalized spacial score (nSPS) is 15.9. The Bertz CT molecular complexity index is 470. The summed E-state index contributed by atoms with van der Waals surface area (Å²) >= 11 is 0. The third-order valence-corrected chi connectivity index (χ3v) is 4.02. The number of carbonyl (C=O) groups is 1. The molecule has 0 aliphatic heterocycles. The Morgan fingerprint density at radius 1 is 1.35 bits per heavy atom. The van der Waals surface area contributed by atoms with Crippen LogP contribution in [0.3, 0.4) is 0 Å². The van der Waals surface area contributed by atoms with Crippen molar-refractivity contribution in [1.82, 2.24) is 4.90 Å². The summed E-state index contributed by atoms with van der Waals surface area (Å²) in [5.74, 6) is -0.402. The molecule has 1 fully saturated rings. The quantitative estimate of drug-likeness (QED) is 0.842. The summed E-state index contributed by atoms with van der Waals surface area (Å²) < 4.78 is 18.6. The van der Waals surface area contributed by atoms with E-state index in [2.05, 4.69) is 0 Å². The number of rotatable bonds is 4. The molecule has 0 unspecified atom stereocenters. The average molecular weight is 279 g/mol. The second-order valence-electron chi connectivity index (χ2n) is 5.23. The van der Waals surface area contributed by atoms with Crippen molar-refractivity contribution in [3.8, 4) is 5.75 Å². The first-order chi connectivity index (χ1) is 9.67. The molecule has 0 radical (unpaired) electrons. The number of ether oxygens (including phenoxy) is 1. The lowest BCUT2D eigenvalue weighted by Crippen LogP contribution is -2.41. The van der Waals surface area contributed by atoms with Crippen LogP contribution in [-0.4, -0.2) is 30.5 Å². The van der Waals surface area contributed by atoms with E-state index in [1.165, 1.54) is 38.5 Å². The molecule has 0 heterocycles. The second kappa shape index (κ2) is 6.73. The van der Waals surface area contributed by atoms with Crippen LogP contribution in [0.4, 0.5) is 4.39 Å². The summed E-state index contributed by atoms with van der Waals surface area (Å²) in [6.07, 6.45) is 5.70. The lowest BCUT2D eigenvalue weighted by molar-refractivity contribution is 0.0647. The van der Waals surface area contributed by atoms with Gasteiger partial charge < -0.3 is 9.64 Å². The Balaban J connectivity index is 2.17. The highest BCUT2D eigenvalue weighted by atomic mass is 19.1. The lowest BCUT2D eigenvalue weighted by Gasteiger charge is -2.33. The van der Waals surface area contributed by atoms with Gasteiger partial charge in [0.05, 0.1) is 7.11 Å². The Hall–Kier alpha value is -1.58. The molecule has 0 atom stereocenters. The fourth-order valence-electron chi connectivity index (χ4n) is 2.93. The van der Waals surface area contributed by atoms with Gasteiger partial charge in [0.2, 0.25) is 0 Å². The van der Waals surface area contributed by atoms with Gasteiger partial charge in [-0.15, -0.1) is 0 Å². The Morgan fingerprint density at radius 2 is 2.05 bits per heavy atom. The molecule has 0 spiro atoms. The molecule has 1 aromatic rings. The number of benzene rings is 1. The number of halogens is 1. The summed E-state index contributed by atoms with van der Waals surface area (Å²) in [5, 5.41) is 0. The largest absolute Gasteiger partial charge is 0.494 e. The number of hydrogen-bond acceptors (Lipinski definition) is 2. The smallest absolute Gasteiger partial charge is 0.254 e. The van der Waals surface area contributed by atoms with Gasteiger partial charge in [0.25, 0.3) is 5.91 Å². The van der Waals surface area contributed by atoms with Crippen molar-refractivity contribution in [2.45, 2.75) is 45.1 Å². The number of carbonyl (C=O) groups excluding carboxylic acids is 1. The molecule has 110 valence electrons. The van der Waals surface area contributed by atoms with Crippen LogP contribution in [-0.2, 0) is 0 Å². The van der Waals surface area contributed by atoms with E-state index in [9.17, 15) is 9.18 Å². The Kier molecular flexibility index (Phi) is 4.99. The Morgan fingerprint density at radius 3 is 2.60 bits per heavy atom. The molecule has 0 saturated heterocycles. The zero-order valence-corrected chi connectivity index (χ0v) is 12.2.